The van der Waals surface area contributed by atoms with Crippen molar-refractivity contribution >= 4 is 17.8 Å². The summed E-state index contributed by atoms with van der Waals surface area (Å²) in [6.45, 7) is -0.227. The molecule has 0 unspecified atom stereocenters. The van der Waals surface area contributed by atoms with Crippen LogP contribution in [0.4, 0.5) is 5.69 Å². The molecule has 0 aliphatic heterocycles. The van der Waals surface area contributed by atoms with Gasteiger partial charge in [0.2, 0.25) is 0 Å². The fourth-order valence-electron chi connectivity index (χ4n) is 1.70. The molecule has 0 radical (unpaired) electrons. The van der Waals surface area contributed by atoms with Crippen molar-refractivity contribution in [2.75, 3.05) is 7.11 Å². The number of methoxy groups -OCH3 is 1. The van der Waals surface area contributed by atoms with Crippen LogP contribution in [0.3, 0.4) is 0 Å². The van der Waals surface area contributed by atoms with Gasteiger partial charge in [-0.15, -0.1) is 0 Å². The van der Waals surface area contributed by atoms with Crippen LogP contribution in [0.5, 0.6) is 11.5 Å². The standard InChI is InChI=1S/C13H13N5O5/c1-23-11-4-2-3-9(13(11)20)5-14-16-12(19)8-17-7-10(6-15-17)18(21)22/h2-7,20H,8H2,1H3,(H,16,19). The highest BCUT2D eigenvalue weighted by molar-refractivity contribution is 5.86. The second-order valence-corrected chi connectivity index (χ2v) is 4.34. The van der Waals surface area contributed by atoms with Crippen LogP contribution in [0.25, 0.3) is 0 Å². The topological polar surface area (TPSA) is 132 Å². The number of nitro groups is 1. The van der Waals surface area contributed by atoms with Crippen LogP contribution in [0.2, 0.25) is 0 Å². The van der Waals surface area contributed by atoms with Crippen molar-refractivity contribution in [3.63, 3.8) is 0 Å². The Kier molecular flexibility index (Phi) is 4.87. The van der Waals surface area contributed by atoms with Crippen LogP contribution in [-0.2, 0) is 11.3 Å². The lowest BCUT2D eigenvalue weighted by Crippen LogP contribution is -2.23. The Morgan fingerprint density at radius 2 is 2.39 bits per heavy atom. The number of hydrogen-bond donors (Lipinski definition) is 2. The molecule has 1 amide bonds. The van der Waals surface area contributed by atoms with E-state index in [1.165, 1.54) is 13.3 Å². The summed E-state index contributed by atoms with van der Waals surface area (Å²) >= 11 is 0. The number of nitrogens with one attached hydrogen (secondary N) is 1. The van der Waals surface area contributed by atoms with Crippen LogP contribution in [-0.4, -0.2) is 39.0 Å². The molecule has 0 saturated carbocycles. The number of aromatic hydroxyl groups is 1. The molecular formula is C13H13N5O5. The molecule has 0 atom stereocenters. The van der Waals surface area contributed by atoms with E-state index in [0.717, 1.165) is 17.1 Å². The van der Waals surface area contributed by atoms with Gasteiger partial charge in [-0.2, -0.15) is 10.2 Å². The second kappa shape index (κ2) is 7.02. The van der Waals surface area contributed by atoms with Gasteiger partial charge in [0, 0.05) is 5.56 Å². The van der Waals surface area contributed by atoms with E-state index in [-0.39, 0.29) is 23.7 Å². The zero-order valence-electron chi connectivity index (χ0n) is 12.0. The van der Waals surface area contributed by atoms with Gasteiger partial charge >= 0.3 is 5.69 Å². The summed E-state index contributed by atoms with van der Waals surface area (Å²) in [5.74, 6) is -0.346. The number of phenolic OH excluding ortho intramolecular Hbond substituents is 1. The Balaban J connectivity index is 1.94. The molecule has 2 rings (SSSR count). The summed E-state index contributed by atoms with van der Waals surface area (Å²) in [5, 5.41) is 27.7. The average Bonchev–Trinajstić information content (AvgIpc) is 2.97. The number of para-hydroxylation sites is 1. The molecular weight excluding hydrogens is 306 g/mol. The van der Waals surface area contributed by atoms with Crippen molar-refractivity contribution in [1.29, 1.82) is 0 Å². The number of nitrogens with zero attached hydrogens (tertiary/aromatic N) is 4. The normalized spacial score (nSPS) is 10.7. The van der Waals surface area contributed by atoms with E-state index in [1.54, 1.807) is 18.2 Å². The monoisotopic (exact) mass is 319 g/mol. The van der Waals surface area contributed by atoms with Gasteiger partial charge in [0.05, 0.1) is 18.2 Å². The van der Waals surface area contributed by atoms with Gasteiger partial charge in [-0.3, -0.25) is 19.6 Å². The fraction of sp³-hybridized carbons (Fsp3) is 0.154. The molecule has 120 valence electrons. The molecule has 23 heavy (non-hydrogen) atoms. The molecule has 0 spiro atoms. The third-order valence-corrected chi connectivity index (χ3v) is 2.78. The Labute approximate surface area is 130 Å². The smallest absolute Gasteiger partial charge is 0.307 e. The number of benzene rings is 1. The summed E-state index contributed by atoms with van der Waals surface area (Å²) < 4.78 is 6.07. The lowest BCUT2D eigenvalue weighted by molar-refractivity contribution is -0.385. The summed E-state index contributed by atoms with van der Waals surface area (Å²) in [6.07, 6.45) is 3.43. The summed E-state index contributed by atoms with van der Waals surface area (Å²) in [5.41, 5.74) is 2.39. The molecule has 0 aliphatic carbocycles. The van der Waals surface area contributed by atoms with Crippen molar-refractivity contribution in [1.82, 2.24) is 15.2 Å². The molecule has 1 aromatic heterocycles. The van der Waals surface area contributed by atoms with Gasteiger partial charge in [0.1, 0.15) is 18.9 Å². The van der Waals surface area contributed by atoms with E-state index in [1.807, 2.05) is 0 Å². The van der Waals surface area contributed by atoms with Crippen LogP contribution in [0.15, 0.2) is 35.7 Å². The first-order chi connectivity index (χ1) is 11.0. The minimum Gasteiger partial charge on any atom is -0.504 e. The third kappa shape index (κ3) is 4.03. The van der Waals surface area contributed by atoms with Crippen LogP contribution in [0, 0.1) is 10.1 Å². The highest BCUT2D eigenvalue weighted by Crippen LogP contribution is 2.27. The molecule has 1 aromatic carbocycles. The predicted octanol–water partition coefficient (Wildman–Crippen LogP) is 0.656. The van der Waals surface area contributed by atoms with E-state index in [4.69, 9.17) is 4.74 Å². The molecule has 10 nitrogen and oxygen atoms in total. The fourth-order valence-corrected chi connectivity index (χ4v) is 1.70. The van der Waals surface area contributed by atoms with E-state index in [2.05, 4.69) is 15.6 Å². The van der Waals surface area contributed by atoms with Gasteiger partial charge in [0.15, 0.2) is 11.5 Å². The summed E-state index contributed by atoms with van der Waals surface area (Å²) in [6, 6.07) is 4.82. The van der Waals surface area contributed by atoms with Crippen molar-refractivity contribution in [3.8, 4) is 11.5 Å². The molecule has 2 aromatic rings. The number of phenols is 1. The number of amides is 1. The Bertz CT molecular complexity index is 755. The first-order valence-electron chi connectivity index (χ1n) is 6.36. The third-order valence-electron chi connectivity index (χ3n) is 2.78. The van der Waals surface area contributed by atoms with Crippen molar-refractivity contribution in [3.05, 3.63) is 46.3 Å². The predicted molar refractivity (Wildman–Crippen MR) is 79.3 cm³/mol. The largest absolute Gasteiger partial charge is 0.504 e. The number of ether oxygens (including phenoxy) is 1. The van der Waals surface area contributed by atoms with E-state index in [9.17, 15) is 20.0 Å². The maximum absolute atomic E-state index is 11.6. The minimum absolute atomic E-state index is 0.101. The second-order valence-electron chi connectivity index (χ2n) is 4.34. The van der Waals surface area contributed by atoms with Gasteiger partial charge in [0.25, 0.3) is 5.91 Å². The Morgan fingerprint density at radius 1 is 1.61 bits per heavy atom. The van der Waals surface area contributed by atoms with Gasteiger partial charge in [-0.05, 0) is 12.1 Å². The minimum atomic E-state index is -0.606. The summed E-state index contributed by atoms with van der Waals surface area (Å²) in [7, 11) is 1.42. The van der Waals surface area contributed by atoms with E-state index >= 15 is 0 Å². The molecule has 2 N–H and O–H groups in total. The Hall–Kier alpha value is -3.43. The molecule has 0 fully saturated rings. The van der Waals surface area contributed by atoms with Gasteiger partial charge in [-0.1, -0.05) is 6.07 Å². The molecule has 1 heterocycles. The van der Waals surface area contributed by atoms with Crippen LogP contribution >= 0.6 is 0 Å². The van der Waals surface area contributed by atoms with Gasteiger partial charge < -0.3 is 9.84 Å². The maximum atomic E-state index is 11.6. The Morgan fingerprint density at radius 3 is 3.04 bits per heavy atom. The van der Waals surface area contributed by atoms with Crippen molar-refractivity contribution < 1.29 is 19.6 Å². The van der Waals surface area contributed by atoms with Crippen molar-refractivity contribution in [2.45, 2.75) is 6.54 Å². The number of carbonyl (C=O) groups excluding carboxylic acids is 1. The lowest BCUT2D eigenvalue weighted by Gasteiger charge is -2.05. The highest BCUT2D eigenvalue weighted by atomic mass is 16.6. The van der Waals surface area contributed by atoms with E-state index in [0.29, 0.717) is 5.56 Å². The maximum Gasteiger partial charge on any atom is 0.307 e. The summed E-state index contributed by atoms with van der Waals surface area (Å²) in [4.78, 5) is 21.5. The van der Waals surface area contributed by atoms with Crippen LogP contribution < -0.4 is 10.2 Å². The van der Waals surface area contributed by atoms with Gasteiger partial charge in [-0.25, -0.2) is 5.43 Å². The first-order valence-corrected chi connectivity index (χ1v) is 6.36. The zero-order chi connectivity index (χ0) is 16.8. The number of carbonyl (C=O) groups is 1. The molecule has 0 saturated heterocycles. The lowest BCUT2D eigenvalue weighted by atomic mass is 10.2. The molecule has 0 aliphatic rings. The average molecular weight is 319 g/mol. The zero-order valence-corrected chi connectivity index (χ0v) is 12.0. The number of hydrogen-bond acceptors (Lipinski definition) is 7. The van der Waals surface area contributed by atoms with Crippen molar-refractivity contribution in [2.24, 2.45) is 5.10 Å². The quantitative estimate of drug-likeness (QED) is 0.456. The van der Waals surface area contributed by atoms with E-state index < -0.39 is 10.8 Å². The SMILES string of the molecule is COc1cccc(C=NNC(=O)Cn2cc([N+](=O)[O-])cn2)c1O. The number of hydrazone groups is 1. The molecule has 10 heteroatoms. The number of rotatable bonds is 6. The molecule has 0 bridgehead atoms. The number of aromatic nitrogens is 2. The first kappa shape index (κ1) is 15.9. The highest BCUT2D eigenvalue weighted by Gasteiger charge is 2.11. The van der Waals surface area contributed by atoms with Crippen LogP contribution in [0.1, 0.15) is 5.56 Å².